The van der Waals surface area contributed by atoms with Crippen molar-refractivity contribution >= 4 is 11.9 Å². The second-order valence-corrected chi connectivity index (χ2v) is 6.68. The largest absolute Gasteiger partial charge is 0.481 e. The maximum Gasteiger partial charge on any atom is 0.313 e. The highest BCUT2D eigenvalue weighted by molar-refractivity contribution is 6.01. The van der Waals surface area contributed by atoms with Crippen LogP contribution >= 0.6 is 0 Å². The molecule has 0 aromatic heterocycles. The molecule has 0 saturated heterocycles. The van der Waals surface area contributed by atoms with Crippen molar-refractivity contribution in [1.82, 2.24) is 4.90 Å². The molecule has 1 fully saturated rings. The molecule has 118 valence electrons. The van der Waals surface area contributed by atoms with E-state index >= 15 is 0 Å². The Bertz CT molecular complexity index is 606. The first kappa shape index (κ1) is 15.1. The Balaban J connectivity index is 2.18. The zero-order chi connectivity index (χ0) is 15.9. The third kappa shape index (κ3) is 2.04. The lowest BCUT2D eigenvalue weighted by Crippen LogP contribution is -2.61. The molecule has 0 spiro atoms. The lowest BCUT2D eigenvalue weighted by molar-refractivity contribution is -0.143. The Kier molecular flexibility index (Phi) is 3.71. The Morgan fingerprint density at radius 2 is 1.95 bits per heavy atom. The number of aliphatic carboxylic acids is 1. The molecule has 1 amide bonds. The topological polar surface area (TPSA) is 57.6 Å². The number of fused-ring (bicyclic) bond motifs is 1. The van der Waals surface area contributed by atoms with Crippen LogP contribution in [0.3, 0.4) is 0 Å². The molecule has 22 heavy (non-hydrogen) atoms. The molecule has 1 aromatic carbocycles. The molecule has 0 bridgehead atoms. The van der Waals surface area contributed by atoms with Gasteiger partial charge in [0.05, 0.1) is 5.54 Å². The highest BCUT2D eigenvalue weighted by atomic mass is 16.4. The SMILES string of the molecule is CCC1(C)C(C(=O)O)c2ccccc2C(=O)N1C1CCCC1. The number of carbonyl (C=O) groups is 2. The molecule has 1 aliphatic carbocycles. The van der Waals surface area contributed by atoms with Crippen molar-refractivity contribution < 1.29 is 14.7 Å². The summed E-state index contributed by atoms with van der Waals surface area (Å²) in [5.74, 6) is -1.50. The highest BCUT2D eigenvalue weighted by Crippen LogP contribution is 2.46. The maximum atomic E-state index is 13.1. The van der Waals surface area contributed by atoms with Gasteiger partial charge in [-0.05, 0) is 37.8 Å². The van der Waals surface area contributed by atoms with Crippen LogP contribution in [0.2, 0.25) is 0 Å². The molecule has 0 radical (unpaired) electrons. The first-order valence-corrected chi connectivity index (χ1v) is 8.16. The van der Waals surface area contributed by atoms with Gasteiger partial charge in [0.15, 0.2) is 0 Å². The molecule has 3 rings (SSSR count). The fourth-order valence-corrected chi connectivity index (χ4v) is 4.30. The molecular weight excluding hydrogens is 278 g/mol. The molecule has 1 N–H and O–H groups in total. The minimum Gasteiger partial charge on any atom is -0.481 e. The van der Waals surface area contributed by atoms with Gasteiger partial charge in [0.1, 0.15) is 5.92 Å². The summed E-state index contributed by atoms with van der Waals surface area (Å²) in [5.41, 5.74) is 0.568. The molecule has 1 aliphatic heterocycles. The third-order valence-corrected chi connectivity index (χ3v) is 5.55. The summed E-state index contributed by atoms with van der Waals surface area (Å²) >= 11 is 0. The predicted octanol–water partition coefficient (Wildman–Crippen LogP) is 3.42. The Hall–Kier alpha value is -1.84. The quantitative estimate of drug-likeness (QED) is 0.930. The van der Waals surface area contributed by atoms with E-state index in [1.165, 1.54) is 0 Å². The number of hydrogen-bond donors (Lipinski definition) is 1. The van der Waals surface area contributed by atoms with Gasteiger partial charge in [0.25, 0.3) is 5.91 Å². The first-order valence-electron chi connectivity index (χ1n) is 8.16. The van der Waals surface area contributed by atoms with Gasteiger partial charge in [-0.15, -0.1) is 0 Å². The molecule has 2 aliphatic rings. The van der Waals surface area contributed by atoms with Gasteiger partial charge >= 0.3 is 5.97 Å². The molecule has 2 unspecified atom stereocenters. The van der Waals surface area contributed by atoms with E-state index in [-0.39, 0.29) is 11.9 Å². The van der Waals surface area contributed by atoms with Crippen LogP contribution in [0.5, 0.6) is 0 Å². The Labute approximate surface area is 131 Å². The summed E-state index contributed by atoms with van der Waals surface area (Å²) in [6.07, 6.45) is 4.84. The zero-order valence-corrected chi connectivity index (χ0v) is 13.2. The number of hydrogen-bond acceptors (Lipinski definition) is 2. The fourth-order valence-electron chi connectivity index (χ4n) is 4.30. The van der Waals surface area contributed by atoms with Crippen LogP contribution in [0.15, 0.2) is 24.3 Å². The van der Waals surface area contributed by atoms with Gasteiger partial charge in [-0.3, -0.25) is 9.59 Å². The van der Waals surface area contributed by atoms with Crippen LogP contribution < -0.4 is 0 Å². The van der Waals surface area contributed by atoms with Crippen molar-refractivity contribution in [3.63, 3.8) is 0 Å². The minimum absolute atomic E-state index is 0.00403. The number of benzene rings is 1. The van der Waals surface area contributed by atoms with Crippen molar-refractivity contribution in [2.45, 2.75) is 63.5 Å². The van der Waals surface area contributed by atoms with Gasteiger partial charge in [-0.2, -0.15) is 0 Å². The number of carbonyl (C=O) groups excluding carboxylic acids is 1. The van der Waals surface area contributed by atoms with Crippen molar-refractivity contribution in [3.05, 3.63) is 35.4 Å². The average molecular weight is 301 g/mol. The van der Waals surface area contributed by atoms with E-state index in [0.29, 0.717) is 17.5 Å². The van der Waals surface area contributed by atoms with Crippen LogP contribution in [0.1, 0.15) is 67.8 Å². The lowest BCUT2D eigenvalue weighted by Gasteiger charge is -2.51. The Morgan fingerprint density at radius 1 is 1.32 bits per heavy atom. The van der Waals surface area contributed by atoms with E-state index in [2.05, 4.69) is 0 Å². The van der Waals surface area contributed by atoms with E-state index in [1.54, 1.807) is 12.1 Å². The summed E-state index contributed by atoms with van der Waals surface area (Å²) in [5, 5.41) is 9.86. The van der Waals surface area contributed by atoms with Crippen LogP contribution in [-0.4, -0.2) is 33.5 Å². The van der Waals surface area contributed by atoms with Crippen LogP contribution in [0.4, 0.5) is 0 Å². The van der Waals surface area contributed by atoms with Crippen molar-refractivity contribution in [3.8, 4) is 0 Å². The van der Waals surface area contributed by atoms with Gasteiger partial charge in [0, 0.05) is 11.6 Å². The minimum atomic E-state index is -0.840. The molecule has 1 aromatic rings. The Morgan fingerprint density at radius 3 is 2.55 bits per heavy atom. The molecule has 1 heterocycles. The van der Waals surface area contributed by atoms with Crippen molar-refractivity contribution in [1.29, 1.82) is 0 Å². The molecule has 2 atom stereocenters. The van der Waals surface area contributed by atoms with E-state index in [4.69, 9.17) is 0 Å². The predicted molar refractivity (Wildman–Crippen MR) is 83.9 cm³/mol. The summed E-state index contributed by atoms with van der Waals surface area (Å²) in [7, 11) is 0. The van der Waals surface area contributed by atoms with Crippen molar-refractivity contribution in [2.24, 2.45) is 0 Å². The van der Waals surface area contributed by atoms with E-state index in [1.807, 2.05) is 30.9 Å². The highest BCUT2D eigenvalue weighted by Gasteiger charge is 2.53. The van der Waals surface area contributed by atoms with E-state index in [0.717, 1.165) is 25.7 Å². The summed E-state index contributed by atoms with van der Waals surface area (Å²) in [6, 6.07) is 7.38. The van der Waals surface area contributed by atoms with Gasteiger partial charge < -0.3 is 10.0 Å². The smallest absolute Gasteiger partial charge is 0.313 e. The number of carboxylic acid groups (broad SMARTS) is 1. The number of carboxylic acids is 1. The zero-order valence-electron chi connectivity index (χ0n) is 13.2. The van der Waals surface area contributed by atoms with E-state index < -0.39 is 17.4 Å². The van der Waals surface area contributed by atoms with Crippen LogP contribution in [0.25, 0.3) is 0 Å². The molecular formula is C18H23NO3. The van der Waals surface area contributed by atoms with Gasteiger partial charge in [0.2, 0.25) is 0 Å². The van der Waals surface area contributed by atoms with Crippen LogP contribution in [0, 0.1) is 0 Å². The maximum absolute atomic E-state index is 13.1. The molecule has 4 heteroatoms. The normalized spacial score (nSPS) is 28.7. The molecule has 4 nitrogen and oxygen atoms in total. The first-order chi connectivity index (χ1) is 10.5. The monoisotopic (exact) mass is 301 g/mol. The second kappa shape index (κ2) is 5.41. The average Bonchev–Trinajstić information content (AvgIpc) is 3.01. The summed E-state index contributed by atoms with van der Waals surface area (Å²) in [4.78, 5) is 27.0. The standard InChI is InChI=1S/C18H23NO3/c1-3-18(2)15(17(21)22)13-10-6-7-11-14(13)16(20)19(18)12-8-4-5-9-12/h6-7,10-12,15H,3-5,8-9H2,1-2H3,(H,21,22). The summed E-state index contributed by atoms with van der Waals surface area (Å²) < 4.78 is 0. The van der Waals surface area contributed by atoms with Gasteiger partial charge in [-0.25, -0.2) is 0 Å². The second-order valence-electron chi connectivity index (χ2n) is 6.68. The van der Waals surface area contributed by atoms with Gasteiger partial charge in [-0.1, -0.05) is 38.0 Å². The van der Waals surface area contributed by atoms with E-state index in [9.17, 15) is 14.7 Å². The lowest BCUT2D eigenvalue weighted by atomic mass is 9.71. The summed E-state index contributed by atoms with van der Waals surface area (Å²) in [6.45, 7) is 3.93. The fraction of sp³-hybridized carbons (Fsp3) is 0.556. The third-order valence-electron chi connectivity index (χ3n) is 5.55. The van der Waals surface area contributed by atoms with Crippen LogP contribution in [-0.2, 0) is 4.79 Å². The molecule has 1 saturated carbocycles. The number of amides is 1. The van der Waals surface area contributed by atoms with Crippen molar-refractivity contribution in [2.75, 3.05) is 0 Å². The number of nitrogens with zero attached hydrogens (tertiary/aromatic N) is 1. The number of rotatable bonds is 3.